The SMILES string of the molecule is CNc1nc(N(CCC(C)C)C2CC2)c2cc(C)sc2n1. The summed E-state index contributed by atoms with van der Waals surface area (Å²) in [7, 11) is 1.89. The summed E-state index contributed by atoms with van der Waals surface area (Å²) < 4.78 is 0. The average molecular weight is 304 g/mol. The number of fused-ring (bicyclic) bond motifs is 1. The van der Waals surface area contributed by atoms with E-state index in [-0.39, 0.29) is 0 Å². The second-order valence-electron chi connectivity index (χ2n) is 6.30. The average Bonchev–Trinajstić information content (AvgIpc) is 3.19. The van der Waals surface area contributed by atoms with Crippen LogP contribution in [0, 0.1) is 12.8 Å². The number of nitrogens with one attached hydrogen (secondary N) is 1. The Hall–Kier alpha value is -1.36. The largest absolute Gasteiger partial charge is 0.357 e. The molecule has 0 amide bonds. The van der Waals surface area contributed by atoms with Gasteiger partial charge >= 0.3 is 0 Å². The first-order valence-corrected chi connectivity index (χ1v) is 8.62. The highest BCUT2D eigenvalue weighted by Gasteiger charge is 2.31. The smallest absolute Gasteiger partial charge is 0.225 e. The molecule has 2 heterocycles. The van der Waals surface area contributed by atoms with E-state index in [0.29, 0.717) is 6.04 Å². The van der Waals surface area contributed by atoms with Gasteiger partial charge in [-0.25, -0.2) is 4.98 Å². The van der Waals surface area contributed by atoms with Crippen molar-refractivity contribution >= 4 is 33.3 Å². The lowest BCUT2D eigenvalue weighted by molar-refractivity contribution is 0.569. The van der Waals surface area contributed by atoms with Gasteiger partial charge in [0.15, 0.2) is 0 Å². The fourth-order valence-electron chi connectivity index (χ4n) is 2.60. The van der Waals surface area contributed by atoms with Gasteiger partial charge < -0.3 is 10.2 Å². The summed E-state index contributed by atoms with van der Waals surface area (Å²) >= 11 is 1.75. The van der Waals surface area contributed by atoms with E-state index in [1.165, 1.54) is 29.5 Å². The summed E-state index contributed by atoms with van der Waals surface area (Å²) in [4.78, 5) is 14.3. The van der Waals surface area contributed by atoms with Crippen molar-refractivity contribution in [2.75, 3.05) is 23.8 Å². The van der Waals surface area contributed by atoms with E-state index < -0.39 is 0 Å². The maximum Gasteiger partial charge on any atom is 0.225 e. The first kappa shape index (κ1) is 14.6. The zero-order chi connectivity index (χ0) is 15.0. The molecule has 1 aliphatic rings. The summed E-state index contributed by atoms with van der Waals surface area (Å²) in [5.41, 5.74) is 0. The third kappa shape index (κ3) is 3.12. The predicted octanol–water partition coefficient (Wildman–Crippen LogP) is 4.06. The highest BCUT2D eigenvalue weighted by Crippen LogP contribution is 2.37. The molecule has 0 radical (unpaired) electrons. The Morgan fingerprint density at radius 1 is 1.38 bits per heavy atom. The minimum absolute atomic E-state index is 0.673. The van der Waals surface area contributed by atoms with Crippen LogP contribution in [0.25, 0.3) is 10.2 Å². The maximum atomic E-state index is 4.78. The first-order chi connectivity index (χ1) is 10.1. The van der Waals surface area contributed by atoms with E-state index in [0.717, 1.165) is 29.1 Å². The molecule has 1 fully saturated rings. The number of aryl methyl sites for hydroxylation is 1. The van der Waals surface area contributed by atoms with E-state index in [4.69, 9.17) is 4.98 Å². The molecular formula is C16H24N4S. The van der Waals surface area contributed by atoms with Crippen LogP contribution in [0.4, 0.5) is 11.8 Å². The topological polar surface area (TPSA) is 41.1 Å². The van der Waals surface area contributed by atoms with Gasteiger partial charge in [-0.15, -0.1) is 11.3 Å². The molecule has 5 heteroatoms. The summed E-state index contributed by atoms with van der Waals surface area (Å²) in [6.07, 6.45) is 3.79. The van der Waals surface area contributed by atoms with E-state index in [1.54, 1.807) is 11.3 Å². The van der Waals surface area contributed by atoms with Gasteiger partial charge in [0, 0.05) is 24.5 Å². The van der Waals surface area contributed by atoms with Crippen LogP contribution in [0.5, 0.6) is 0 Å². The summed E-state index contributed by atoms with van der Waals surface area (Å²) in [6, 6.07) is 2.91. The van der Waals surface area contributed by atoms with Gasteiger partial charge in [-0.1, -0.05) is 13.8 Å². The fourth-order valence-corrected chi connectivity index (χ4v) is 3.48. The molecule has 0 atom stereocenters. The quantitative estimate of drug-likeness (QED) is 0.874. The molecule has 3 rings (SSSR count). The van der Waals surface area contributed by atoms with E-state index in [9.17, 15) is 0 Å². The zero-order valence-corrected chi connectivity index (χ0v) is 14.1. The Labute approximate surface area is 130 Å². The normalized spacial score (nSPS) is 14.9. The second kappa shape index (κ2) is 5.79. The molecule has 1 saturated carbocycles. The molecule has 21 heavy (non-hydrogen) atoms. The minimum atomic E-state index is 0.673. The van der Waals surface area contributed by atoms with Crippen LogP contribution in [-0.2, 0) is 0 Å². The van der Waals surface area contributed by atoms with E-state index in [2.05, 4.69) is 42.0 Å². The molecule has 1 aliphatic carbocycles. The molecule has 0 spiro atoms. The lowest BCUT2D eigenvalue weighted by atomic mass is 10.1. The summed E-state index contributed by atoms with van der Waals surface area (Å²) in [5, 5.41) is 4.32. The van der Waals surface area contributed by atoms with Crippen molar-refractivity contribution in [2.24, 2.45) is 5.92 Å². The van der Waals surface area contributed by atoms with Crippen molar-refractivity contribution in [3.8, 4) is 0 Å². The lowest BCUT2D eigenvalue weighted by Gasteiger charge is -2.25. The predicted molar refractivity (Wildman–Crippen MR) is 91.5 cm³/mol. The number of hydrogen-bond acceptors (Lipinski definition) is 5. The van der Waals surface area contributed by atoms with Crippen LogP contribution in [-0.4, -0.2) is 29.6 Å². The molecule has 0 aromatic carbocycles. The summed E-state index contributed by atoms with van der Waals surface area (Å²) in [5.74, 6) is 2.57. The van der Waals surface area contributed by atoms with Gasteiger partial charge in [-0.3, -0.25) is 0 Å². The van der Waals surface area contributed by atoms with Crippen molar-refractivity contribution < 1.29 is 0 Å². The standard InChI is InChI=1S/C16H24N4S/c1-10(2)7-8-20(12-5-6-12)14-13-9-11(3)21-15(13)19-16(17-4)18-14/h9-10,12H,5-8H2,1-4H3,(H,17,18,19). The van der Waals surface area contributed by atoms with Crippen molar-refractivity contribution in [1.82, 2.24) is 9.97 Å². The zero-order valence-electron chi connectivity index (χ0n) is 13.3. The Balaban J connectivity index is 2.02. The van der Waals surface area contributed by atoms with Crippen molar-refractivity contribution in [1.29, 1.82) is 0 Å². The highest BCUT2D eigenvalue weighted by molar-refractivity contribution is 7.18. The molecular weight excluding hydrogens is 280 g/mol. The van der Waals surface area contributed by atoms with Crippen LogP contribution in [0.3, 0.4) is 0 Å². The van der Waals surface area contributed by atoms with E-state index in [1.807, 2.05) is 7.05 Å². The van der Waals surface area contributed by atoms with Gasteiger partial charge in [-0.05, 0) is 38.2 Å². The highest BCUT2D eigenvalue weighted by atomic mass is 32.1. The van der Waals surface area contributed by atoms with Crippen LogP contribution in [0.15, 0.2) is 6.07 Å². The number of hydrogen-bond donors (Lipinski definition) is 1. The molecule has 1 N–H and O–H groups in total. The first-order valence-electron chi connectivity index (χ1n) is 7.81. The molecule has 2 aromatic rings. The summed E-state index contributed by atoms with van der Waals surface area (Å²) in [6.45, 7) is 7.81. The van der Waals surface area contributed by atoms with Crippen molar-refractivity contribution in [3.05, 3.63) is 10.9 Å². The monoisotopic (exact) mass is 304 g/mol. The van der Waals surface area contributed by atoms with Gasteiger partial charge in [-0.2, -0.15) is 4.98 Å². The Morgan fingerprint density at radius 2 is 2.14 bits per heavy atom. The molecule has 0 unspecified atom stereocenters. The Kier molecular flexibility index (Phi) is 4.02. The number of rotatable bonds is 6. The van der Waals surface area contributed by atoms with Gasteiger partial charge in [0.2, 0.25) is 5.95 Å². The number of nitrogens with zero attached hydrogens (tertiary/aromatic N) is 3. The number of anilines is 2. The third-order valence-corrected chi connectivity index (χ3v) is 4.87. The maximum absolute atomic E-state index is 4.78. The second-order valence-corrected chi connectivity index (χ2v) is 7.54. The molecule has 2 aromatic heterocycles. The number of aromatic nitrogens is 2. The van der Waals surface area contributed by atoms with Gasteiger partial charge in [0.05, 0.1) is 5.39 Å². The fraction of sp³-hybridized carbons (Fsp3) is 0.625. The Bertz CT molecular complexity index is 630. The lowest BCUT2D eigenvalue weighted by Crippen LogP contribution is -2.29. The molecule has 0 aliphatic heterocycles. The molecule has 0 saturated heterocycles. The Morgan fingerprint density at radius 3 is 2.76 bits per heavy atom. The van der Waals surface area contributed by atoms with Crippen LogP contribution >= 0.6 is 11.3 Å². The van der Waals surface area contributed by atoms with Gasteiger partial charge in [0.25, 0.3) is 0 Å². The van der Waals surface area contributed by atoms with E-state index >= 15 is 0 Å². The minimum Gasteiger partial charge on any atom is -0.357 e. The van der Waals surface area contributed by atoms with Gasteiger partial charge in [0.1, 0.15) is 10.6 Å². The van der Waals surface area contributed by atoms with Crippen LogP contribution in [0.2, 0.25) is 0 Å². The van der Waals surface area contributed by atoms with Crippen molar-refractivity contribution in [2.45, 2.75) is 46.1 Å². The molecule has 0 bridgehead atoms. The van der Waals surface area contributed by atoms with Crippen molar-refractivity contribution in [3.63, 3.8) is 0 Å². The number of thiophene rings is 1. The van der Waals surface area contributed by atoms with Crippen LogP contribution in [0.1, 0.15) is 38.0 Å². The van der Waals surface area contributed by atoms with Crippen LogP contribution < -0.4 is 10.2 Å². The molecule has 114 valence electrons. The molecule has 4 nitrogen and oxygen atoms in total. The third-order valence-electron chi connectivity index (χ3n) is 3.93.